The number of carbonyl (C=O) groups is 1. The van der Waals surface area contributed by atoms with Gasteiger partial charge in [-0.3, -0.25) is 9.78 Å². The van der Waals surface area contributed by atoms with E-state index in [0.29, 0.717) is 5.69 Å². The topological polar surface area (TPSA) is 64.1 Å². The zero-order valence-electron chi connectivity index (χ0n) is 15.0. The van der Waals surface area contributed by atoms with Crippen LogP contribution in [0.25, 0.3) is 0 Å². The lowest BCUT2D eigenvalue weighted by molar-refractivity contribution is -0.154. The van der Waals surface area contributed by atoms with Crippen LogP contribution in [0.1, 0.15) is 15.9 Å². The fraction of sp³-hybridized carbons (Fsp3) is 0.150. The van der Waals surface area contributed by atoms with Crippen LogP contribution in [0.15, 0.2) is 72.0 Å². The van der Waals surface area contributed by atoms with Crippen molar-refractivity contribution in [3.63, 3.8) is 0 Å². The maximum Gasteiger partial charge on any atom is 0.422 e. The summed E-state index contributed by atoms with van der Waals surface area (Å²) in [5.74, 6) is 0.165. The van der Waals surface area contributed by atoms with Gasteiger partial charge in [-0.25, -0.2) is 4.98 Å². The highest BCUT2D eigenvalue weighted by Gasteiger charge is 2.28. The van der Waals surface area contributed by atoms with Gasteiger partial charge < -0.3 is 10.1 Å². The summed E-state index contributed by atoms with van der Waals surface area (Å²) in [5.41, 5.74) is 1.92. The van der Waals surface area contributed by atoms with Gasteiger partial charge in [0.15, 0.2) is 6.61 Å². The molecule has 3 aromatic rings. The quantitative estimate of drug-likeness (QED) is 0.549. The van der Waals surface area contributed by atoms with Crippen LogP contribution in [0.3, 0.4) is 0 Å². The monoisotopic (exact) mass is 419 g/mol. The summed E-state index contributed by atoms with van der Waals surface area (Å²) in [6.45, 7) is -1.43. The van der Waals surface area contributed by atoms with Gasteiger partial charge in [0.05, 0.1) is 5.56 Å². The predicted octanol–water partition coefficient (Wildman–Crippen LogP) is 4.96. The summed E-state index contributed by atoms with van der Waals surface area (Å²) in [4.78, 5) is 21.1. The number of benzene rings is 1. The van der Waals surface area contributed by atoms with Crippen molar-refractivity contribution in [2.24, 2.45) is 0 Å². The maximum absolute atomic E-state index is 12.3. The Bertz CT molecular complexity index is 934. The summed E-state index contributed by atoms with van der Waals surface area (Å²) < 4.78 is 40.9. The summed E-state index contributed by atoms with van der Waals surface area (Å²) in [5, 5.41) is 2.72. The minimum Gasteiger partial charge on any atom is -0.468 e. The first-order valence-corrected chi connectivity index (χ1v) is 9.46. The van der Waals surface area contributed by atoms with E-state index in [1.165, 1.54) is 18.3 Å². The van der Waals surface area contributed by atoms with E-state index in [1.54, 1.807) is 30.1 Å². The van der Waals surface area contributed by atoms with Crippen molar-refractivity contribution in [2.45, 2.75) is 16.8 Å². The number of amides is 1. The number of hydrogen-bond acceptors (Lipinski definition) is 5. The third-order valence-electron chi connectivity index (χ3n) is 3.62. The molecular formula is C20H16F3N3O2S. The molecule has 0 radical (unpaired) electrons. The highest BCUT2D eigenvalue weighted by molar-refractivity contribution is 7.98. The van der Waals surface area contributed by atoms with Crippen LogP contribution in [-0.4, -0.2) is 28.7 Å². The molecule has 1 aromatic carbocycles. The third kappa shape index (κ3) is 6.79. The minimum absolute atomic E-state index is 0.200. The molecule has 0 bridgehead atoms. The molecule has 150 valence electrons. The molecule has 2 heterocycles. The van der Waals surface area contributed by atoms with Gasteiger partial charge in [0.1, 0.15) is 0 Å². The van der Waals surface area contributed by atoms with E-state index in [1.807, 2.05) is 30.5 Å². The molecule has 0 spiro atoms. The molecule has 1 N–H and O–H groups in total. The second-order valence-corrected chi connectivity index (χ2v) is 6.97. The lowest BCUT2D eigenvalue weighted by Crippen LogP contribution is -2.19. The van der Waals surface area contributed by atoms with E-state index < -0.39 is 18.7 Å². The highest BCUT2D eigenvalue weighted by atomic mass is 32.2. The van der Waals surface area contributed by atoms with E-state index in [-0.39, 0.29) is 11.4 Å². The Morgan fingerprint density at radius 3 is 2.48 bits per heavy atom. The lowest BCUT2D eigenvalue weighted by atomic mass is 10.2. The molecule has 0 aliphatic rings. The Morgan fingerprint density at radius 1 is 1.07 bits per heavy atom. The molecule has 0 fully saturated rings. The van der Waals surface area contributed by atoms with Gasteiger partial charge in [-0.15, -0.1) is 11.8 Å². The lowest BCUT2D eigenvalue weighted by Gasteiger charge is -2.09. The van der Waals surface area contributed by atoms with Crippen molar-refractivity contribution < 1.29 is 22.7 Å². The van der Waals surface area contributed by atoms with Crippen LogP contribution in [-0.2, 0) is 5.75 Å². The molecule has 0 aliphatic carbocycles. The van der Waals surface area contributed by atoms with Crippen molar-refractivity contribution in [3.05, 3.63) is 78.2 Å². The van der Waals surface area contributed by atoms with E-state index in [4.69, 9.17) is 0 Å². The number of alkyl halides is 3. The molecule has 0 saturated heterocycles. The van der Waals surface area contributed by atoms with E-state index in [2.05, 4.69) is 20.0 Å². The zero-order chi connectivity index (χ0) is 20.7. The number of aromatic nitrogens is 2. The molecule has 0 unspecified atom stereocenters. The summed E-state index contributed by atoms with van der Waals surface area (Å²) in [6.07, 6.45) is 0.263. The smallest absolute Gasteiger partial charge is 0.422 e. The molecule has 0 aliphatic heterocycles. The average Bonchev–Trinajstić information content (AvgIpc) is 2.72. The molecule has 0 atom stereocenters. The third-order valence-corrected chi connectivity index (χ3v) is 4.71. The molecule has 1 amide bonds. The number of thioether (sulfide) groups is 1. The number of pyridine rings is 2. The molecular weight excluding hydrogens is 403 g/mol. The normalized spacial score (nSPS) is 11.1. The fourth-order valence-corrected chi connectivity index (χ4v) is 3.08. The number of rotatable bonds is 7. The number of nitrogens with one attached hydrogen (secondary N) is 1. The van der Waals surface area contributed by atoms with Crippen LogP contribution in [0.4, 0.5) is 18.9 Å². The zero-order valence-corrected chi connectivity index (χ0v) is 15.8. The standard InChI is InChI=1S/C20H16F3N3O2S/c21-20(22,23)13-28-18-8-3-15(11-25-18)19(27)26-16-4-6-17(7-5-16)29-12-14-2-1-9-24-10-14/h1-11H,12-13H2,(H,26,27). The van der Waals surface area contributed by atoms with E-state index in [0.717, 1.165) is 16.2 Å². The van der Waals surface area contributed by atoms with Gasteiger partial charge in [-0.05, 0) is 42.0 Å². The molecule has 3 rings (SSSR count). The van der Waals surface area contributed by atoms with Gasteiger partial charge in [0.2, 0.25) is 5.88 Å². The first kappa shape index (κ1) is 20.7. The van der Waals surface area contributed by atoms with Gasteiger partial charge in [0.25, 0.3) is 5.91 Å². The number of nitrogens with zero attached hydrogens (tertiary/aromatic N) is 2. The first-order valence-electron chi connectivity index (χ1n) is 8.48. The Kier molecular flexibility index (Phi) is 6.71. The fourth-order valence-electron chi connectivity index (χ4n) is 2.24. The van der Waals surface area contributed by atoms with Gasteiger partial charge >= 0.3 is 6.18 Å². The van der Waals surface area contributed by atoms with E-state index in [9.17, 15) is 18.0 Å². The Hall–Kier alpha value is -3.07. The van der Waals surface area contributed by atoms with Crippen LogP contribution in [0.5, 0.6) is 5.88 Å². The van der Waals surface area contributed by atoms with Gasteiger partial charge in [-0.1, -0.05) is 6.07 Å². The van der Waals surface area contributed by atoms with E-state index >= 15 is 0 Å². The predicted molar refractivity (Wildman–Crippen MR) is 104 cm³/mol. The first-order chi connectivity index (χ1) is 13.9. The average molecular weight is 419 g/mol. The largest absolute Gasteiger partial charge is 0.468 e. The SMILES string of the molecule is O=C(Nc1ccc(SCc2cccnc2)cc1)c1ccc(OCC(F)(F)F)nc1. The summed E-state index contributed by atoms with van der Waals surface area (Å²) >= 11 is 1.65. The number of ether oxygens (including phenoxy) is 1. The van der Waals surface area contributed by atoms with Crippen molar-refractivity contribution >= 4 is 23.4 Å². The molecule has 2 aromatic heterocycles. The summed E-state index contributed by atoms with van der Waals surface area (Å²) in [7, 11) is 0. The maximum atomic E-state index is 12.3. The van der Waals surface area contributed by atoms with Crippen molar-refractivity contribution in [2.75, 3.05) is 11.9 Å². The van der Waals surface area contributed by atoms with Crippen LogP contribution in [0, 0.1) is 0 Å². The van der Waals surface area contributed by atoms with Crippen molar-refractivity contribution in [1.29, 1.82) is 0 Å². The minimum atomic E-state index is -4.44. The summed E-state index contributed by atoms with van der Waals surface area (Å²) in [6, 6.07) is 13.8. The van der Waals surface area contributed by atoms with Crippen molar-refractivity contribution in [3.8, 4) is 5.88 Å². The van der Waals surface area contributed by atoms with Crippen LogP contribution in [0.2, 0.25) is 0 Å². The van der Waals surface area contributed by atoms with Crippen LogP contribution < -0.4 is 10.1 Å². The number of hydrogen-bond donors (Lipinski definition) is 1. The second kappa shape index (κ2) is 9.42. The number of anilines is 1. The second-order valence-electron chi connectivity index (χ2n) is 5.92. The highest BCUT2D eigenvalue weighted by Crippen LogP contribution is 2.24. The Morgan fingerprint density at radius 2 is 1.86 bits per heavy atom. The van der Waals surface area contributed by atoms with Gasteiger partial charge in [0, 0.05) is 41.0 Å². The molecule has 5 nitrogen and oxygen atoms in total. The van der Waals surface area contributed by atoms with Crippen LogP contribution >= 0.6 is 11.8 Å². The molecule has 0 saturated carbocycles. The van der Waals surface area contributed by atoms with Gasteiger partial charge in [-0.2, -0.15) is 13.2 Å². The van der Waals surface area contributed by atoms with Crippen molar-refractivity contribution in [1.82, 2.24) is 9.97 Å². The molecule has 29 heavy (non-hydrogen) atoms. The number of halogens is 3. The number of carbonyl (C=O) groups excluding carboxylic acids is 1. The Labute approximate surface area is 169 Å². The Balaban J connectivity index is 1.52. The molecule has 9 heteroatoms.